The van der Waals surface area contributed by atoms with Gasteiger partial charge in [0.1, 0.15) is 25.5 Å². The standard InChI is InChI=1S/C26H24N2O5S/c1-31-19-9-6-17(7-10-19)24-15-26(30)28(20-4-2-3-5-23(20)34-24)16-25(29)27-18-8-11-21-22(14-18)33-13-12-32-21/h2-11,14,24H,12-13,15-16H2,1H3,(H,27,29)/t24-/m1/s1. The maximum atomic E-state index is 13.3. The Hall–Kier alpha value is -3.65. The molecule has 0 aliphatic carbocycles. The molecular formula is C26H24N2O5S. The first-order chi connectivity index (χ1) is 16.6. The predicted octanol–water partition coefficient (Wildman–Crippen LogP) is 4.68. The summed E-state index contributed by atoms with van der Waals surface area (Å²) in [5.41, 5.74) is 2.37. The summed E-state index contributed by atoms with van der Waals surface area (Å²) in [5, 5.41) is 2.81. The molecule has 2 heterocycles. The fourth-order valence-corrected chi connectivity index (χ4v) is 5.30. The molecule has 34 heavy (non-hydrogen) atoms. The van der Waals surface area contributed by atoms with E-state index in [0.29, 0.717) is 30.4 Å². The van der Waals surface area contributed by atoms with Crippen LogP contribution in [0, 0.1) is 0 Å². The van der Waals surface area contributed by atoms with Crippen molar-refractivity contribution in [2.24, 2.45) is 0 Å². The van der Waals surface area contributed by atoms with Gasteiger partial charge in [0.05, 0.1) is 12.8 Å². The Morgan fingerprint density at radius 3 is 2.62 bits per heavy atom. The van der Waals surface area contributed by atoms with Crippen molar-refractivity contribution in [3.63, 3.8) is 0 Å². The van der Waals surface area contributed by atoms with Crippen LogP contribution < -0.4 is 24.4 Å². The third kappa shape index (κ3) is 4.68. The number of fused-ring (bicyclic) bond motifs is 2. The van der Waals surface area contributed by atoms with Gasteiger partial charge < -0.3 is 24.4 Å². The predicted molar refractivity (Wildman–Crippen MR) is 131 cm³/mol. The number of benzene rings is 3. The van der Waals surface area contributed by atoms with Crippen LogP contribution in [0.15, 0.2) is 71.6 Å². The van der Waals surface area contributed by atoms with E-state index < -0.39 is 0 Å². The normalized spacial score (nSPS) is 16.9. The highest BCUT2D eigenvalue weighted by Crippen LogP contribution is 2.45. The summed E-state index contributed by atoms with van der Waals surface area (Å²) in [4.78, 5) is 28.8. The monoisotopic (exact) mass is 476 g/mol. The zero-order valence-corrected chi connectivity index (χ0v) is 19.5. The lowest BCUT2D eigenvalue weighted by Gasteiger charge is -2.22. The van der Waals surface area contributed by atoms with E-state index in [4.69, 9.17) is 14.2 Å². The van der Waals surface area contributed by atoms with Crippen LogP contribution in [0.2, 0.25) is 0 Å². The van der Waals surface area contributed by atoms with Gasteiger partial charge in [-0.05, 0) is 42.0 Å². The highest BCUT2D eigenvalue weighted by Gasteiger charge is 2.30. The first kappa shape index (κ1) is 22.2. The van der Waals surface area contributed by atoms with Crippen LogP contribution in [0.25, 0.3) is 0 Å². The molecule has 0 unspecified atom stereocenters. The van der Waals surface area contributed by atoms with E-state index in [9.17, 15) is 9.59 Å². The number of rotatable bonds is 5. The topological polar surface area (TPSA) is 77.1 Å². The molecule has 7 nitrogen and oxygen atoms in total. The molecule has 1 N–H and O–H groups in total. The number of hydrogen-bond donors (Lipinski definition) is 1. The number of nitrogens with one attached hydrogen (secondary N) is 1. The molecule has 0 saturated carbocycles. The molecular weight excluding hydrogens is 452 g/mol. The van der Waals surface area contributed by atoms with Gasteiger partial charge in [0.25, 0.3) is 0 Å². The Balaban J connectivity index is 1.35. The number of methoxy groups -OCH3 is 1. The van der Waals surface area contributed by atoms with Crippen molar-refractivity contribution in [3.05, 3.63) is 72.3 Å². The number of thioether (sulfide) groups is 1. The summed E-state index contributed by atoms with van der Waals surface area (Å²) in [5.74, 6) is 1.64. The average molecular weight is 477 g/mol. The molecule has 2 aliphatic rings. The van der Waals surface area contributed by atoms with Crippen molar-refractivity contribution in [2.75, 3.05) is 37.1 Å². The van der Waals surface area contributed by atoms with Gasteiger partial charge in [-0.1, -0.05) is 24.3 Å². The maximum absolute atomic E-state index is 13.3. The van der Waals surface area contributed by atoms with Crippen LogP contribution in [-0.4, -0.2) is 38.7 Å². The molecule has 3 aromatic carbocycles. The summed E-state index contributed by atoms with van der Waals surface area (Å²) in [6.45, 7) is 0.890. The molecule has 0 radical (unpaired) electrons. The molecule has 0 bridgehead atoms. The molecule has 0 fully saturated rings. The van der Waals surface area contributed by atoms with E-state index in [1.165, 1.54) is 0 Å². The quantitative estimate of drug-likeness (QED) is 0.577. The van der Waals surface area contributed by atoms with Crippen LogP contribution in [0.1, 0.15) is 17.2 Å². The molecule has 2 amide bonds. The Kier molecular flexibility index (Phi) is 6.31. The molecule has 3 aromatic rings. The van der Waals surface area contributed by atoms with Crippen molar-refractivity contribution < 1.29 is 23.8 Å². The second-order valence-electron chi connectivity index (χ2n) is 7.94. The van der Waals surface area contributed by atoms with Gasteiger partial charge in [0.15, 0.2) is 11.5 Å². The minimum Gasteiger partial charge on any atom is -0.497 e. The summed E-state index contributed by atoms with van der Waals surface area (Å²) in [6, 6.07) is 20.7. The molecule has 174 valence electrons. The minimum absolute atomic E-state index is 0.0644. The number of para-hydroxylation sites is 1. The lowest BCUT2D eigenvalue weighted by Crippen LogP contribution is -2.38. The largest absolute Gasteiger partial charge is 0.497 e. The first-order valence-corrected chi connectivity index (χ1v) is 11.9. The van der Waals surface area contributed by atoms with Crippen LogP contribution in [-0.2, 0) is 9.59 Å². The molecule has 0 spiro atoms. The highest BCUT2D eigenvalue weighted by atomic mass is 32.2. The van der Waals surface area contributed by atoms with Gasteiger partial charge in [-0.15, -0.1) is 11.8 Å². The van der Waals surface area contributed by atoms with Crippen molar-refractivity contribution in [1.82, 2.24) is 0 Å². The van der Waals surface area contributed by atoms with Gasteiger partial charge >= 0.3 is 0 Å². The van der Waals surface area contributed by atoms with Gasteiger partial charge in [-0.25, -0.2) is 0 Å². The minimum atomic E-state index is -0.285. The summed E-state index contributed by atoms with van der Waals surface area (Å²) >= 11 is 1.63. The number of carbonyl (C=O) groups is 2. The molecule has 2 aliphatic heterocycles. The Labute approximate surface area is 202 Å². The van der Waals surface area contributed by atoms with E-state index in [2.05, 4.69) is 5.32 Å². The number of ether oxygens (including phenoxy) is 3. The molecule has 0 aromatic heterocycles. The second-order valence-corrected chi connectivity index (χ2v) is 9.18. The van der Waals surface area contributed by atoms with E-state index >= 15 is 0 Å². The Morgan fingerprint density at radius 2 is 1.82 bits per heavy atom. The lowest BCUT2D eigenvalue weighted by atomic mass is 10.1. The zero-order chi connectivity index (χ0) is 23.5. The van der Waals surface area contributed by atoms with Crippen LogP contribution in [0.5, 0.6) is 17.2 Å². The van der Waals surface area contributed by atoms with Gasteiger partial charge in [0, 0.05) is 28.3 Å². The van der Waals surface area contributed by atoms with E-state index in [-0.39, 0.29) is 30.0 Å². The Bertz CT molecular complexity index is 1210. The number of hydrogen-bond acceptors (Lipinski definition) is 6. The van der Waals surface area contributed by atoms with Crippen LogP contribution in [0.4, 0.5) is 11.4 Å². The first-order valence-electron chi connectivity index (χ1n) is 11.0. The van der Waals surface area contributed by atoms with Crippen molar-refractivity contribution in [3.8, 4) is 17.2 Å². The molecule has 8 heteroatoms. The third-order valence-electron chi connectivity index (χ3n) is 5.70. The summed E-state index contributed by atoms with van der Waals surface area (Å²) < 4.78 is 16.4. The van der Waals surface area contributed by atoms with Gasteiger partial charge in [-0.3, -0.25) is 9.59 Å². The number of carbonyl (C=O) groups excluding carboxylic acids is 2. The van der Waals surface area contributed by atoms with Gasteiger partial charge in [0.2, 0.25) is 11.8 Å². The van der Waals surface area contributed by atoms with Crippen LogP contribution >= 0.6 is 11.8 Å². The smallest absolute Gasteiger partial charge is 0.244 e. The summed E-state index contributed by atoms with van der Waals surface area (Å²) in [6.07, 6.45) is 0.281. The van der Waals surface area contributed by atoms with E-state index in [1.54, 1.807) is 42.0 Å². The number of nitrogens with zero attached hydrogens (tertiary/aromatic N) is 1. The Morgan fingerprint density at radius 1 is 1.06 bits per heavy atom. The number of anilines is 2. The van der Waals surface area contributed by atoms with Gasteiger partial charge in [-0.2, -0.15) is 0 Å². The van der Waals surface area contributed by atoms with E-state index in [0.717, 1.165) is 21.9 Å². The van der Waals surface area contributed by atoms with Crippen molar-refractivity contribution in [1.29, 1.82) is 0 Å². The molecule has 5 rings (SSSR count). The van der Waals surface area contributed by atoms with E-state index in [1.807, 2.05) is 48.5 Å². The average Bonchev–Trinajstić information content (AvgIpc) is 3.00. The van der Waals surface area contributed by atoms with Crippen LogP contribution in [0.3, 0.4) is 0 Å². The highest BCUT2D eigenvalue weighted by molar-refractivity contribution is 7.99. The zero-order valence-electron chi connectivity index (χ0n) is 18.7. The van der Waals surface area contributed by atoms with Crippen molar-refractivity contribution >= 4 is 35.0 Å². The molecule has 1 atom stereocenters. The third-order valence-corrected chi connectivity index (χ3v) is 7.02. The SMILES string of the molecule is COc1ccc([C@H]2CC(=O)N(CC(=O)Nc3ccc4c(c3)OCCO4)c3ccccc3S2)cc1. The second kappa shape index (κ2) is 9.69. The summed E-state index contributed by atoms with van der Waals surface area (Å²) in [7, 11) is 1.63. The fourth-order valence-electron chi connectivity index (χ4n) is 4.02. The van der Waals surface area contributed by atoms with Crippen molar-refractivity contribution in [2.45, 2.75) is 16.6 Å². The number of amides is 2. The molecule has 0 saturated heterocycles. The lowest BCUT2D eigenvalue weighted by molar-refractivity contribution is -0.121. The fraction of sp³-hybridized carbons (Fsp3) is 0.231. The maximum Gasteiger partial charge on any atom is 0.244 e.